The second-order valence-electron chi connectivity index (χ2n) is 6.62. The molecule has 2 aliphatic heterocycles. The van der Waals surface area contributed by atoms with Crippen LogP contribution in [-0.2, 0) is 4.79 Å². The molecule has 0 spiro atoms. The number of hydrogen-bond donors (Lipinski definition) is 2. The monoisotopic (exact) mass is 374 g/mol. The van der Waals surface area contributed by atoms with Gasteiger partial charge < -0.3 is 4.90 Å². The molecule has 2 heterocycles. The van der Waals surface area contributed by atoms with Crippen LogP contribution in [-0.4, -0.2) is 59.3 Å². The van der Waals surface area contributed by atoms with E-state index in [1.54, 1.807) is 30.8 Å². The minimum Gasteiger partial charge on any atom is -0.311 e. The Balaban J connectivity index is 1.70. The Morgan fingerprint density at radius 1 is 1.15 bits per heavy atom. The molecule has 26 heavy (non-hydrogen) atoms. The number of urea groups is 1. The topological polar surface area (TPSA) is 64.7 Å². The van der Waals surface area contributed by atoms with Crippen LogP contribution in [0.3, 0.4) is 0 Å². The fraction of sp³-hybridized carbons (Fsp3) is 0.474. The zero-order valence-corrected chi connectivity index (χ0v) is 16.2. The molecule has 2 saturated heterocycles. The number of hydrogen-bond acceptors (Lipinski definition) is 5. The summed E-state index contributed by atoms with van der Waals surface area (Å²) in [6.45, 7) is 2.08. The van der Waals surface area contributed by atoms with Gasteiger partial charge in [0.05, 0.1) is 23.6 Å². The van der Waals surface area contributed by atoms with Gasteiger partial charge in [-0.3, -0.25) is 20.3 Å². The maximum absolute atomic E-state index is 12.7. The molecule has 2 aliphatic rings. The molecule has 2 N–H and O–H groups in total. The normalized spacial score (nSPS) is 29.3. The highest BCUT2D eigenvalue weighted by Gasteiger charge is 2.50. The van der Waals surface area contributed by atoms with Gasteiger partial charge in [-0.15, -0.1) is 11.8 Å². The van der Waals surface area contributed by atoms with Crippen LogP contribution < -0.4 is 10.6 Å². The third kappa shape index (κ3) is 3.79. The lowest BCUT2D eigenvalue weighted by molar-refractivity contribution is -0.140. The number of amides is 3. The van der Waals surface area contributed by atoms with Gasteiger partial charge in [-0.05, 0) is 12.0 Å². The quantitative estimate of drug-likeness (QED) is 0.827. The van der Waals surface area contributed by atoms with Crippen LogP contribution in [0.1, 0.15) is 18.9 Å². The number of fused-ring (bicyclic) bond motifs is 1. The second kappa shape index (κ2) is 8.24. The Kier molecular flexibility index (Phi) is 6.01. The van der Waals surface area contributed by atoms with Crippen LogP contribution in [0.2, 0.25) is 0 Å². The summed E-state index contributed by atoms with van der Waals surface area (Å²) in [5, 5.41) is 6.87. The Labute approximate surface area is 159 Å². The minimum absolute atomic E-state index is 0.0443. The van der Waals surface area contributed by atoms with E-state index in [1.807, 2.05) is 18.2 Å². The Bertz CT molecular complexity index is 681. The highest BCUT2D eigenvalue weighted by Crippen LogP contribution is 2.31. The summed E-state index contributed by atoms with van der Waals surface area (Å²) in [5.74, 6) is 0.360. The standard InChI is InChI=1S/C19H26N4O2S/c1-4-14-20-16-15(18(24)23(3)19(25)22(16)2)17(21-14)26-12-8-11-13-9-6-5-7-10-13/h5-11,14-17,20-21H,4,12H2,1-3H3/b11-8+. The first-order chi connectivity index (χ1) is 12.5. The van der Waals surface area contributed by atoms with Crippen LogP contribution in [0, 0.1) is 5.92 Å². The molecule has 4 unspecified atom stereocenters. The number of carbonyl (C=O) groups excluding carboxylic acids is 2. The summed E-state index contributed by atoms with van der Waals surface area (Å²) in [7, 11) is 3.31. The van der Waals surface area contributed by atoms with Crippen molar-refractivity contribution < 1.29 is 9.59 Å². The lowest BCUT2D eigenvalue weighted by atomic mass is 9.97. The van der Waals surface area contributed by atoms with Gasteiger partial charge >= 0.3 is 6.03 Å². The maximum atomic E-state index is 12.7. The SMILES string of the molecule is CCC1NC(SC/C=C/c2ccccc2)C2C(=O)N(C)C(=O)N(C)C2N1. The summed E-state index contributed by atoms with van der Waals surface area (Å²) in [5.41, 5.74) is 1.16. The number of nitrogens with one attached hydrogen (secondary N) is 2. The van der Waals surface area contributed by atoms with Crippen molar-refractivity contribution in [1.29, 1.82) is 0 Å². The van der Waals surface area contributed by atoms with Gasteiger partial charge in [0, 0.05) is 19.8 Å². The molecule has 0 aromatic heterocycles. The zero-order valence-electron chi connectivity index (χ0n) is 15.4. The van der Waals surface area contributed by atoms with Crippen LogP contribution in [0.4, 0.5) is 4.79 Å². The molecule has 1 aromatic carbocycles. The zero-order chi connectivity index (χ0) is 18.7. The molecular weight excluding hydrogens is 348 g/mol. The average molecular weight is 375 g/mol. The maximum Gasteiger partial charge on any atom is 0.327 e. The molecule has 140 valence electrons. The van der Waals surface area contributed by atoms with E-state index >= 15 is 0 Å². The number of nitrogens with zero attached hydrogens (tertiary/aromatic N) is 2. The van der Waals surface area contributed by atoms with Crippen LogP contribution in [0.5, 0.6) is 0 Å². The average Bonchev–Trinajstić information content (AvgIpc) is 2.68. The second-order valence-corrected chi connectivity index (χ2v) is 7.80. The fourth-order valence-corrected chi connectivity index (χ4v) is 4.56. The minimum atomic E-state index is -0.305. The Morgan fingerprint density at radius 2 is 1.88 bits per heavy atom. The van der Waals surface area contributed by atoms with Crippen molar-refractivity contribution in [2.24, 2.45) is 5.92 Å². The van der Waals surface area contributed by atoms with Crippen molar-refractivity contribution in [1.82, 2.24) is 20.4 Å². The van der Waals surface area contributed by atoms with Gasteiger partial charge in [-0.2, -0.15) is 0 Å². The van der Waals surface area contributed by atoms with Gasteiger partial charge in [-0.25, -0.2) is 4.79 Å². The van der Waals surface area contributed by atoms with E-state index in [0.717, 1.165) is 17.7 Å². The van der Waals surface area contributed by atoms with Gasteiger partial charge in [0.15, 0.2) is 0 Å². The molecule has 0 aliphatic carbocycles. The molecule has 0 radical (unpaired) electrons. The summed E-state index contributed by atoms with van der Waals surface area (Å²) in [4.78, 5) is 27.9. The molecule has 4 atom stereocenters. The third-order valence-corrected chi connectivity index (χ3v) is 6.09. The Morgan fingerprint density at radius 3 is 2.58 bits per heavy atom. The highest BCUT2D eigenvalue weighted by atomic mass is 32.2. The first-order valence-electron chi connectivity index (χ1n) is 8.92. The highest BCUT2D eigenvalue weighted by molar-refractivity contribution is 8.00. The van der Waals surface area contributed by atoms with Crippen molar-refractivity contribution >= 4 is 29.8 Å². The molecule has 7 heteroatoms. The fourth-order valence-electron chi connectivity index (χ4n) is 3.41. The summed E-state index contributed by atoms with van der Waals surface area (Å²) in [6, 6.07) is 9.90. The number of carbonyl (C=O) groups is 2. The van der Waals surface area contributed by atoms with Crippen molar-refractivity contribution in [2.75, 3.05) is 19.8 Å². The molecule has 3 amide bonds. The summed E-state index contributed by atoms with van der Waals surface area (Å²) < 4.78 is 0. The van der Waals surface area contributed by atoms with Crippen LogP contribution in [0.25, 0.3) is 6.08 Å². The van der Waals surface area contributed by atoms with E-state index in [0.29, 0.717) is 0 Å². The van der Waals surface area contributed by atoms with E-state index in [-0.39, 0.29) is 35.6 Å². The van der Waals surface area contributed by atoms with Gasteiger partial charge in [-0.1, -0.05) is 49.4 Å². The van der Waals surface area contributed by atoms with Crippen LogP contribution >= 0.6 is 11.8 Å². The molecule has 6 nitrogen and oxygen atoms in total. The molecule has 3 rings (SSSR count). The molecule has 2 fully saturated rings. The number of benzene rings is 1. The number of thioether (sulfide) groups is 1. The van der Waals surface area contributed by atoms with Gasteiger partial charge in [0.25, 0.3) is 0 Å². The van der Waals surface area contributed by atoms with Gasteiger partial charge in [0.1, 0.15) is 0 Å². The smallest absolute Gasteiger partial charge is 0.311 e. The third-order valence-electron chi connectivity index (χ3n) is 4.92. The molecule has 0 saturated carbocycles. The number of rotatable bonds is 5. The van der Waals surface area contributed by atoms with E-state index in [1.165, 1.54) is 4.90 Å². The first-order valence-corrected chi connectivity index (χ1v) is 9.97. The van der Waals surface area contributed by atoms with Crippen molar-refractivity contribution in [3.63, 3.8) is 0 Å². The van der Waals surface area contributed by atoms with E-state index in [9.17, 15) is 9.59 Å². The molecule has 1 aromatic rings. The van der Waals surface area contributed by atoms with Crippen molar-refractivity contribution in [3.8, 4) is 0 Å². The van der Waals surface area contributed by atoms with E-state index in [2.05, 4.69) is 41.8 Å². The predicted molar refractivity (Wildman–Crippen MR) is 105 cm³/mol. The largest absolute Gasteiger partial charge is 0.327 e. The Hall–Kier alpha value is -1.83. The van der Waals surface area contributed by atoms with E-state index in [4.69, 9.17) is 0 Å². The van der Waals surface area contributed by atoms with Crippen molar-refractivity contribution in [2.45, 2.75) is 31.0 Å². The number of imide groups is 1. The summed E-state index contributed by atoms with van der Waals surface area (Å²) >= 11 is 1.71. The lowest BCUT2D eigenvalue weighted by Crippen LogP contribution is -2.74. The lowest BCUT2D eigenvalue weighted by Gasteiger charge is -2.50. The van der Waals surface area contributed by atoms with Gasteiger partial charge in [0.2, 0.25) is 5.91 Å². The van der Waals surface area contributed by atoms with Crippen LogP contribution in [0.15, 0.2) is 36.4 Å². The van der Waals surface area contributed by atoms with Crippen molar-refractivity contribution in [3.05, 3.63) is 42.0 Å². The molecule has 0 bridgehead atoms. The first kappa shape index (κ1) is 18.9. The predicted octanol–water partition coefficient (Wildman–Crippen LogP) is 2.15. The summed E-state index contributed by atoms with van der Waals surface area (Å²) in [6.07, 6.45) is 4.90. The van der Waals surface area contributed by atoms with E-state index < -0.39 is 0 Å². The molecular formula is C19H26N4O2S.